The Balaban J connectivity index is 1.79. The minimum absolute atomic E-state index is 0.218. The lowest BCUT2D eigenvalue weighted by atomic mass is 9.97. The van der Waals surface area contributed by atoms with E-state index in [1.807, 2.05) is 60.7 Å². The van der Waals surface area contributed by atoms with Crippen molar-refractivity contribution in [3.05, 3.63) is 90.5 Å². The Morgan fingerprint density at radius 2 is 1.45 bits per heavy atom. The third kappa shape index (κ3) is 3.67. The van der Waals surface area contributed by atoms with E-state index in [1.54, 1.807) is 7.11 Å². The van der Waals surface area contributed by atoms with Gasteiger partial charge in [-0.15, -0.1) is 0 Å². The number of pyridine rings is 1. The molecule has 4 heteroatoms. The second kappa shape index (κ2) is 7.87. The van der Waals surface area contributed by atoms with E-state index in [-0.39, 0.29) is 5.82 Å². The fourth-order valence-electron chi connectivity index (χ4n) is 3.31. The number of aromatic nitrogens is 1. The van der Waals surface area contributed by atoms with Crippen molar-refractivity contribution in [2.45, 2.75) is 0 Å². The van der Waals surface area contributed by atoms with Crippen molar-refractivity contribution in [1.29, 1.82) is 5.26 Å². The molecular formula is C25H19N3O. The molecule has 1 aromatic heterocycles. The van der Waals surface area contributed by atoms with Gasteiger partial charge in [0.15, 0.2) is 0 Å². The van der Waals surface area contributed by atoms with Gasteiger partial charge in [-0.2, -0.15) is 5.26 Å². The standard InChI is InChI=1S/C25H19N3O/c1-29-21-9-5-8-20(14-21)22-15-24(28-25(27)23(22)16-26)19-12-10-18(11-13-19)17-6-3-2-4-7-17/h2-15H,1H3,(H2,27,28). The van der Waals surface area contributed by atoms with Crippen molar-refractivity contribution < 1.29 is 4.74 Å². The van der Waals surface area contributed by atoms with Crippen LogP contribution in [0.2, 0.25) is 0 Å². The van der Waals surface area contributed by atoms with E-state index in [0.717, 1.165) is 39.3 Å². The number of hydrogen-bond donors (Lipinski definition) is 1. The van der Waals surface area contributed by atoms with Crippen molar-refractivity contribution in [3.63, 3.8) is 0 Å². The molecule has 0 spiro atoms. The number of benzene rings is 3. The number of nitriles is 1. The average Bonchev–Trinajstić information content (AvgIpc) is 2.79. The Labute approximate surface area is 169 Å². The molecule has 0 aliphatic carbocycles. The van der Waals surface area contributed by atoms with Crippen molar-refractivity contribution in [2.75, 3.05) is 12.8 Å². The van der Waals surface area contributed by atoms with Gasteiger partial charge in [-0.05, 0) is 34.9 Å². The Morgan fingerprint density at radius 3 is 2.14 bits per heavy atom. The van der Waals surface area contributed by atoms with E-state index in [9.17, 15) is 5.26 Å². The molecule has 2 N–H and O–H groups in total. The summed E-state index contributed by atoms with van der Waals surface area (Å²) in [6, 6.07) is 30.0. The van der Waals surface area contributed by atoms with E-state index < -0.39 is 0 Å². The first-order valence-corrected chi connectivity index (χ1v) is 9.20. The summed E-state index contributed by atoms with van der Waals surface area (Å²) in [4.78, 5) is 4.47. The third-order valence-electron chi connectivity index (χ3n) is 4.83. The zero-order valence-corrected chi connectivity index (χ0v) is 16.0. The zero-order valence-electron chi connectivity index (χ0n) is 16.0. The maximum absolute atomic E-state index is 9.61. The van der Waals surface area contributed by atoms with Gasteiger partial charge in [0, 0.05) is 11.1 Å². The molecule has 4 nitrogen and oxygen atoms in total. The highest BCUT2D eigenvalue weighted by Crippen LogP contribution is 2.33. The fourth-order valence-corrected chi connectivity index (χ4v) is 3.31. The van der Waals surface area contributed by atoms with Gasteiger partial charge in [-0.1, -0.05) is 66.7 Å². The lowest BCUT2D eigenvalue weighted by Crippen LogP contribution is -2.00. The van der Waals surface area contributed by atoms with Crippen LogP contribution in [0.3, 0.4) is 0 Å². The summed E-state index contributed by atoms with van der Waals surface area (Å²) in [5.41, 5.74) is 12.0. The number of nitrogens with zero attached hydrogens (tertiary/aromatic N) is 2. The molecule has 0 amide bonds. The summed E-state index contributed by atoms with van der Waals surface area (Å²) in [6.45, 7) is 0. The minimum Gasteiger partial charge on any atom is -0.497 e. The molecule has 0 aliphatic rings. The Kier molecular flexibility index (Phi) is 4.96. The Hall–Kier alpha value is -4.10. The molecule has 0 aliphatic heterocycles. The lowest BCUT2D eigenvalue weighted by molar-refractivity contribution is 0.415. The first kappa shape index (κ1) is 18.3. The maximum atomic E-state index is 9.61. The van der Waals surface area contributed by atoms with Crippen LogP contribution in [-0.2, 0) is 0 Å². The average molecular weight is 377 g/mol. The maximum Gasteiger partial charge on any atom is 0.142 e. The van der Waals surface area contributed by atoms with E-state index in [2.05, 4.69) is 35.3 Å². The van der Waals surface area contributed by atoms with Crippen molar-refractivity contribution >= 4 is 5.82 Å². The molecule has 1 heterocycles. The summed E-state index contributed by atoms with van der Waals surface area (Å²) >= 11 is 0. The predicted molar refractivity (Wildman–Crippen MR) is 116 cm³/mol. The highest BCUT2D eigenvalue weighted by Gasteiger charge is 2.14. The normalized spacial score (nSPS) is 10.3. The fraction of sp³-hybridized carbons (Fsp3) is 0.0400. The smallest absolute Gasteiger partial charge is 0.142 e. The van der Waals surface area contributed by atoms with Gasteiger partial charge in [0.25, 0.3) is 0 Å². The van der Waals surface area contributed by atoms with E-state index in [4.69, 9.17) is 10.5 Å². The molecule has 0 saturated carbocycles. The number of ether oxygens (including phenoxy) is 1. The van der Waals surface area contributed by atoms with Gasteiger partial charge in [0.1, 0.15) is 23.2 Å². The molecule has 29 heavy (non-hydrogen) atoms. The molecule has 0 atom stereocenters. The monoisotopic (exact) mass is 377 g/mol. The molecule has 0 bridgehead atoms. The molecule has 0 unspecified atom stereocenters. The summed E-state index contributed by atoms with van der Waals surface area (Å²) in [6.07, 6.45) is 0. The number of nitrogens with two attached hydrogens (primary N) is 1. The van der Waals surface area contributed by atoms with Gasteiger partial charge >= 0.3 is 0 Å². The summed E-state index contributed by atoms with van der Waals surface area (Å²) in [5, 5.41) is 9.61. The number of anilines is 1. The van der Waals surface area contributed by atoms with Crippen molar-refractivity contribution in [3.8, 4) is 45.3 Å². The third-order valence-corrected chi connectivity index (χ3v) is 4.83. The van der Waals surface area contributed by atoms with Gasteiger partial charge in [0.2, 0.25) is 0 Å². The SMILES string of the molecule is COc1cccc(-c2cc(-c3ccc(-c4ccccc4)cc3)nc(N)c2C#N)c1. The van der Waals surface area contributed by atoms with Crippen LogP contribution in [0.15, 0.2) is 84.9 Å². The Bertz CT molecular complexity index is 1190. The largest absolute Gasteiger partial charge is 0.497 e. The van der Waals surface area contributed by atoms with Gasteiger partial charge in [-0.25, -0.2) is 4.98 Å². The summed E-state index contributed by atoms with van der Waals surface area (Å²) < 4.78 is 5.32. The van der Waals surface area contributed by atoms with Crippen LogP contribution < -0.4 is 10.5 Å². The van der Waals surface area contributed by atoms with Crippen LogP contribution in [0, 0.1) is 11.3 Å². The van der Waals surface area contributed by atoms with E-state index >= 15 is 0 Å². The predicted octanol–water partition coefficient (Wildman–Crippen LogP) is 5.55. The van der Waals surface area contributed by atoms with E-state index in [0.29, 0.717) is 5.56 Å². The molecule has 4 aromatic rings. The highest BCUT2D eigenvalue weighted by atomic mass is 16.5. The summed E-state index contributed by atoms with van der Waals surface area (Å²) in [7, 11) is 1.62. The molecule has 3 aromatic carbocycles. The number of methoxy groups -OCH3 is 1. The topological polar surface area (TPSA) is 71.9 Å². The molecule has 140 valence electrons. The summed E-state index contributed by atoms with van der Waals surface area (Å²) in [5.74, 6) is 0.936. The van der Waals surface area contributed by atoms with Crippen molar-refractivity contribution in [2.24, 2.45) is 0 Å². The molecule has 0 radical (unpaired) electrons. The second-order valence-corrected chi connectivity index (χ2v) is 6.60. The van der Waals surface area contributed by atoms with E-state index in [1.165, 1.54) is 0 Å². The molecular weight excluding hydrogens is 358 g/mol. The van der Waals surface area contributed by atoms with Crippen LogP contribution in [0.25, 0.3) is 33.5 Å². The van der Waals surface area contributed by atoms with Crippen LogP contribution in [0.1, 0.15) is 5.56 Å². The van der Waals surface area contributed by atoms with Gasteiger partial charge in [-0.3, -0.25) is 0 Å². The molecule has 4 rings (SSSR count). The van der Waals surface area contributed by atoms with Gasteiger partial charge in [0.05, 0.1) is 12.8 Å². The van der Waals surface area contributed by atoms with Crippen LogP contribution in [-0.4, -0.2) is 12.1 Å². The van der Waals surface area contributed by atoms with Crippen LogP contribution in [0.4, 0.5) is 5.82 Å². The second-order valence-electron chi connectivity index (χ2n) is 6.60. The number of hydrogen-bond acceptors (Lipinski definition) is 4. The quantitative estimate of drug-likeness (QED) is 0.506. The van der Waals surface area contributed by atoms with Gasteiger partial charge < -0.3 is 10.5 Å². The Morgan fingerprint density at radius 1 is 0.793 bits per heavy atom. The van der Waals surface area contributed by atoms with Crippen LogP contribution >= 0.6 is 0 Å². The lowest BCUT2D eigenvalue weighted by Gasteiger charge is -2.11. The van der Waals surface area contributed by atoms with Crippen LogP contribution in [0.5, 0.6) is 5.75 Å². The first-order valence-electron chi connectivity index (χ1n) is 9.20. The minimum atomic E-state index is 0.218. The first-order chi connectivity index (χ1) is 14.2. The number of nitrogen functional groups attached to an aromatic ring is 1. The zero-order chi connectivity index (χ0) is 20.2. The van der Waals surface area contributed by atoms with Crippen molar-refractivity contribution in [1.82, 2.24) is 4.98 Å². The molecule has 0 fully saturated rings. The number of rotatable bonds is 4. The molecule has 0 saturated heterocycles. The highest BCUT2D eigenvalue weighted by molar-refractivity contribution is 5.81.